The second-order valence-corrected chi connectivity index (χ2v) is 8.27. The van der Waals surface area contributed by atoms with E-state index in [-0.39, 0.29) is 6.04 Å². The molecule has 2 unspecified atom stereocenters. The first kappa shape index (κ1) is 19.4. The number of pyridine rings is 1. The second-order valence-electron chi connectivity index (χ2n) is 8.27. The number of hydrogen-bond acceptors (Lipinski definition) is 5. The van der Waals surface area contributed by atoms with Gasteiger partial charge in [-0.1, -0.05) is 6.07 Å². The molecule has 4 rings (SSSR count). The molecular formula is C23H32N4O. The van der Waals surface area contributed by atoms with Crippen LogP contribution in [0.25, 0.3) is 11.1 Å². The van der Waals surface area contributed by atoms with Gasteiger partial charge in [-0.3, -0.25) is 0 Å². The van der Waals surface area contributed by atoms with Crippen LogP contribution in [0.15, 0.2) is 30.5 Å². The second kappa shape index (κ2) is 8.60. The number of fused-ring (bicyclic) bond motifs is 1. The van der Waals surface area contributed by atoms with E-state index in [0.717, 1.165) is 31.9 Å². The van der Waals surface area contributed by atoms with Gasteiger partial charge in [0.05, 0.1) is 6.61 Å². The van der Waals surface area contributed by atoms with E-state index in [1.165, 1.54) is 40.7 Å². The van der Waals surface area contributed by atoms with Gasteiger partial charge in [0.2, 0.25) is 0 Å². The van der Waals surface area contributed by atoms with E-state index in [4.69, 9.17) is 4.74 Å². The average Bonchev–Trinajstić information content (AvgIpc) is 3.22. The Morgan fingerprint density at radius 2 is 2.21 bits per heavy atom. The molecule has 0 spiro atoms. The fourth-order valence-electron chi connectivity index (χ4n) is 4.45. The van der Waals surface area contributed by atoms with Crippen LogP contribution >= 0.6 is 0 Å². The third-order valence-corrected chi connectivity index (χ3v) is 5.91. The lowest BCUT2D eigenvalue weighted by Gasteiger charge is -2.30. The Hall–Kier alpha value is -1.95. The van der Waals surface area contributed by atoms with Crippen LogP contribution in [-0.2, 0) is 17.7 Å². The van der Waals surface area contributed by atoms with Crippen LogP contribution in [0.4, 0.5) is 5.82 Å². The number of aromatic nitrogens is 1. The molecule has 2 N–H and O–H groups in total. The molecule has 2 aromatic rings. The maximum absolute atomic E-state index is 5.19. The van der Waals surface area contributed by atoms with Crippen LogP contribution in [0, 0.1) is 0 Å². The molecule has 1 saturated heterocycles. The minimum Gasteiger partial charge on any atom is -0.383 e. The Morgan fingerprint density at radius 1 is 1.32 bits per heavy atom. The standard InChI is InChI=1S/C23H32N4O/c1-16(15-28-3)26-23-7-6-18(13-25-23)19-11-17-8-10-27(2)14-21(17)20(12-19)22-5-4-9-24-22/h6-7,11-13,16,22,24H,4-5,8-10,14-15H2,1-3H3,(H,25,26). The van der Waals surface area contributed by atoms with Crippen LogP contribution < -0.4 is 10.6 Å². The topological polar surface area (TPSA) is 49.4 Å². The third kappa shape index (κ3) is 4.22. The third-order valence-electron chi connectivity index (χ3n) is 5.91. The minimum atomic E-state index is 0.240. The summed E-state index contributed by atoms with van der Waals surface area (Å²) in [5.41, 5.74) is 7.01. The molecule has 2 aliphatic rings. The zero-order valence-electron chi connectivity index (χ0n) is 17.3. The molecule has 28 heavy (non-hydrogen) atoms. The normalized spacial score (nSPS) is 20.8. The summed E-state index contributed by atoms with van der Waals surface area (Å²) in [6.45, 7) is 6.08. The van der Waals surface area contributed by atoms with E-state index < -0.39 is 0 Å². The molecular weight excluding hydrogens is 348 g/mol. The van der Waals surface area contributed by atoms with Crippen molar-refractivity contribution in [3.63, 3.8) is 0 Å². The molecule has 2 aliphatic heterocycles. The van der Waals surface area contributed by atoms with Crippen LogP contribution in [-0.4, -0.2) is 49.8 Å². The molecule has 5 nitrogen and oxygen atoms in total. The first-order valence-corrected chi connectivity index (χ1v) is 10.4. The van der Waals surface area contributed by atoms with E-state index in [9.17, 15) is 0 Å². The summed E-state index contributed by atoms with van der Waals surface area (Å²) in [6, 6.07) is 9.77. The van der Waals surface area contributed by atoms with Gasteiger partial charge in [-0.05, 0) is 80.2 Å². The van der Waals surface area contributed by atoms with E-state index in [1.54, 1.807) is 7.11 Å². The van der Waals surface area contributed by atoms with E-state index in [1.807, 2.05) is 6.20 Å². The van der Waals surface area contributed by atoms with Crippen molar-refractivity contribution in [2.75, 3.05) is 39.2 Å². The fourth-order valence-corrected chi connectivity index (χ4v) is 4.45. The van der Waals surface area contributed by atoms with Crippen molar-refractivity contribution >= 4 is 5.82 Å². The predicted octanol–water partition coefficient (Wildman–Crippen LogP) is 3.61. The number of ether oxygens (including phenoxy) is 1. The highest BCUT2D eigenvalue weighted by molar-refractivity contribution is 5.67. The zero-order chi connectivity index (χ0) is 19.5. The Kier molecular flexibility index (Phi) is 5.95. The number of benzene rings is 1. The van der Waals surface area contributed by atoms with Gasteiger partial charge in [0.1, 0.15) is 5.82 Å². The molecule has 0 bridgehead atoms. The van der Waals surface area contributed by atoms with Crippen LogP contribution in [0.3, 0.4) is 0 Å². The van der Waals surface area contributed by atoms with Crippen molar-refractivity contribution in [3.05, 3.63) is 47.2 Å². The number of hydrogen-bond donors (Lipinski definition) is 2. The summed E-state index contributed by atoms with van der Waals surface area (Å²) in [5, 5.41) is 7.08. The molecule has 0 amide bonds. The summed E-state index contributed by atoms with van der Waals surface area (Å²) in [6.07, 6.45) is 5.62. The molecule has 150 valence electrons. The SMILES string of the molecule is COCC(C)Nc1ccc(-c2cc3c(c(C4CCCN4)c2)CN(C)CC3)cn1. The number of rotatable bonds is 6. The lowest BCUT2D eigenvalue weighted by atomic mass is 9.87. The molecule has 0 aliphatic carbocycles. The molecule has 0 radical (unpaired) electrons. The van der Waals surface area contributed by atoms with Crippen LogP contribution in [0.5, 0.6) is 0 Å². The van der Waals surface area contributed by atoms with Gasteiger partial charge in [-0.15, -0.1) is 0 Å². The lowest BCUT2D eigenvalue weighted by Crippen LogP contribution is -2.29. The van der Waals surface area contributed by atoms with Gasteiger partial charge in [0, 0.05) is 44.0 Å². The molecule has 1 fully saturated rings. The summed E-state index contributed by atoms with van der Waals surface area (Å²) in [5.74, 6) is 0.894. The summed E-state index contributed by atoms with van der Waals surface area (Å²) >= 11 is 0. The molecule has 2 atom stereocenters. The minimum absolute atomic E-state index is 0.240. The first-order valence-electron chi connectivity index (χ1n) is 10.4. The van der Waals surface area contributed by atoms with Crippen LogP contribution in [0.2, 0.25) is 0 Å². The highest BCUT2D eigenvalue weighted by Gasteiger charge is 2.25. The van der Waals surface area contributed by atoms with Gasteiger partial charge in [0.25, 0.3) is 0 Å². The van der Waals surface area contributed by atoms with E-state index in [0.29, 0.717) is 12.6 Å². The van der Waals surface area contributed by atoms with Crippen molar-refractivity contribution < 1.29 is 4.74 Å². The van der Waals surface area contributed by atoms with Gasteiger partial charge in [-0.25, -0.2) is 4.98 Å². The lowest BCUT2D eigenvalue weighted by molar-refractivity contribution is 0.190. The quantitative estimate of drug-likeness (QED) is 0.802. The maximum Gasteiger partial charge on any atom is 0.126 e. The average molecular weight is 381 g/mol. The Labute approximate surface area is 168 Å². The van der Waals surface area contributed by atoms with Crippen molar-refractivity contribution in [1.29, 1.82) is 0 Å². The smallest absolute Gasteiger partial charge is 0.126 e. The monoisotopic (exact) mass is 380 g/mol. The molecule has 1 aromatic heterocycles. The largest absolute Gasteiger partial charge is 0.383 e. The van der Waals surface area contributed by atoms with E-state index in [2.05, 4.69) is 58.8 Å². The summed E-state index contributed by atoms with van der Waals surface area (Å²) < 4.78 is 5.19. The summed E-state index contributed by atoms with van der Waals surface area (Å²) in [7, 11) is 3.95. The number of anilines is 1. The van der Waals surface area contributed by atoms with Gasteiger partial charge in [0.15, 0.2) is 0 Å². The molecule has 1 aromatic carbocycles. The maximum atomic E-state index is 5.19. The highest BCUT2D eigenvalue weighted by Crippen LogP contribution is 2.35. The van der Waals surface area contributed by atoms with Crippen molar-refractivity contribution in [1.82, 2.24) is 15.2 Å². The predicted molar refractivity (Wildman–Crippen MR) is 115 cm³/mol. The van der Waals surface area contributed by atoms with Crippen molar-refractivity contribution in [3.8, 4) is 11.1 Å². The molecule has 0 saturated carbocycles. The van der Waals surface area contributed by atoms with Gasteiger partial charge >= 0.3 is 0 Å². The summed E-state index contributed by atoms with van der Waals surface area (Å²) in [4.78, 5) is 7.07. The highest BCUT2D eigenvalue weighted by atomic mass is 16.5. The zero-order valence-corrected chi connectivity index (χ0v) is 17.3. The molecule has 3 heterocycles. The van der Waals surface area contributed by atoms with Crippen LogP contribution in [0.1, 0.15) is 42.5 Å². The Bertz CT molecular complexity index is 799. The fraction of sp³-hybridized carbons (Fsp3) is 0.522. The van der Waals surface area contributed by atoms with Crippen molar-refractivity contribution in [2.24, 2.45) is 0 Å². The van der Waals surface area contributed by atoms with E-state index >= 15 is 0 Å². The molecule has 5 heteroatoms. The number of likely N-dealkylation sites (N-methyl/N-ethyl adjacent to an activating group) is 1. The number of nitrogens with one attached hydrogen (secondary N) is 2. The number of methoxy groups -OCH3 is 1. The van der Waals surface area contributed by atoms with Crippen molar-refractivity contribution in [2.45, 2.75) is 44.8 Å². The Balaban J connectivity index is 1.63. The van der Waals surface area contributed by atoms with Gasteiger partial charge in [-0.2, -0.15) is 0 Å². The Morgan fingerprint density at radius 3 is 2.93 bits per heavy atom. The van der Waals surface area contributed by atoms with Gasteiger partial charge < -0.3 is 20.3 Å². The number of nitrogens with zero attached hydrogens (tertiary/aromatic N) is 2. The first-order chi connectivity index (χ1) is 13.6.